The van der Waals surface area contributed by atoms with E-state index in [1.165, 1.54) is 55.6 Å². The van der Waals surface area contributed by atoms with Crippen molar-refractivity contribution in [2.75, 3.05) is 13.1 Å². The lowest BCUT2D eigenvalue weighted by molar-refractivity contribution is 0.386. The monoisotopic (exact) mass is 215 g/mol. The molecule has 0 atom stereocenters. The summed E-state index contributed by atoms with van der Waals surface area (Å²) < 4.78 is 0. The van der Waals surface area contributed by atoms with E-state index < -0.39 is 0 Å². The zero-order valence-electron chi connectivity index (χ0n) is 10.2. The number of aryl methyl sites for hydroxylation is 2. The van der Waals surface area contributed by atoms with Crippen LogP contribution in [0.4, 0.5) is 0 Å². The summed E-state index contributed by atoms with van der Waals surface area (Å²) in [6.45, 7) is 8.62. The molecular formula is C15H21N. The molecule has 1 saturated heterocycles. The highest BCUT2D eigenvalue weighted by Gasteiger charge is 2.13. The zero-order chi connectivity index (χ0) is 11.4. The molecule has 0 amide bonds. The second-order valence-electron chi connectivity index (χ2n) is 4.75. The minimum Gasteiger partial charge on any atom is -0.375 e. The van der Waals surface area contributed by atoms with E-state index in [1.54, 1.807) is 0 Å². The lowest BCUT2D eigenvalue weighted by Gasteiger charge is -2.18. The second-order valence-corrected chi connectivity index (χ2v) is 4.75. The number of likely N-dealkylation sites (tertiary alicyclic amines) is 1. The third-order valence-corrected chi connectivity index (χ3v) is 3.35. The van der Waals surface area contributed by atoms with Gasteiger partial charge in [-0.05, 0) is 38.2 Å². The van der Waals surface area contributed by atoms with Gasteiger partial charge in [0.25, 0.3) is 0 Å². The molecule has 0 bridgehead atoms. The van der Waals surface area contributed by atoms with E-state index in [-0.39, 0.29) is 0 Å². The third-order valence-electron chi connectivity index (χ3n) is 3.35. The largest absolute Gasteiger partial charge is 0.375 e. The molecule has 1 heterocycles. The van der Waals surface area contributed by atoms with Crippen LogP contribution in [0.25, 0.3) is 0 Å². The molecule has 1 aliphatic rings. The lowest BCUT2D eigenvalue weighted by Crippen LogP contribution is -2.18. The molecular weight excluding hydrogens is 194 g/mol. The van der Waals surface area contributed by atoms with Gasteiger partial charge < -0.3 is 4.90 Å². The smallest absolute Gasteiger partial charge is 0.0178 e. The van der Waals surface area contributed by atoms with Crippen molar-refractivity contribution < 1.29 is 0 Å². The Labute approximate surface area is 98.8 Å². The average Bonchev–Trinajstić information content (AvgIpc) is 2.68. The molecule has 0 unspecified atom stereocenters. The molecule has 1 fully saturated rings. The van der Waals surface area contributed by atoms with Crippen molar-refractivity contribution in [1.82, 2.24) is 4.90 Å². The van der Waals surface area contributed by atoms with Crippen molar-refractivity contribution >= 4 is 0 Å². The Hall–Kier alpha value is -1.24. The Morgan fingerprint density at radius 3 is 2.62 bits per heavy atom. The van der Waals surface area contributed by atoms with Gasteiger partial charge in [-0.3, -0.25) is 0 Å². The molecule has 0 aliphatic carbocycles. The summed E-state index contributed by atoms with van der Waals surface area (Å²) in [5.74, 6) is 0. The Balaban J connectivity index is 1.75. The first-order valence-corrected chi connectivity index (χ1v) is 6.24. The van der Waals surface area contributed by atoms with Gasteiger partial charge in [-0.25, -0.2) is 0 Å². The Kier molecular flexibility index (Phi) is 3.66. The molecule has 1 nitrogen and oxygen atoms in total. The standard InChI is InChI=1S/C15H21N/c1-13-7-9-15(10-8-13)6-4-12-16-11-3-5-14(16)2/h7-10H,2-6,11-12H2,1H3. The highest BCUT2D eigenvalue weighted by atomic mass is 15.1. The SMILES string of the molecule is C=C1CCCN1CCCc1ccc(C)cc1. The molecule has 1 aromatic rings. The van der Waals surface area contributed by atoms with Crippen LogP contribution in [0.15, 0.2) is 36.5 Å². The number of rotatable bonds is 4. The van der Waals surface area contributed by atoms with Gasteiger partial charge in [-0.2, -0.15) is 0 Å². The fourth-order valence-corrected chi connectivity index (χ4v) is 2.29. The van der Waals surface area contributed by atoms with Crippen LogP contribution in [0, 0.1) is 6.92 Å². The van der Waals surface area contributed by atoms with Crippen molar-refractivity contribution in [1.29, 1.82) is 0 Å². The van der Waals surface area contributed by atoms with Crippen LogP contribution < -0.4 is 0 Å². The van der Waals surface area contributed by atoms with E-state index in [0.29, 0.717) is 0 Å². The summed E-state index contributed by atoms with van der Waals surface area (Å²) in [6, 6.07) is 8.89. The minimum atomic E-state index is 1.17. The van der Waals surface area contributed by atoms with Gasteiger partial charge in [0, 0.05) is 18.8 Å². The minimum absolute atomic E-state index is 1.17. The van der Waals surface area contributed by atoms with E-state index in [0.717, 1.165) is 0 Å². The Bertz CT molecular complexity index is 350. The van der Waals surface area contributed by atoms with Crippen LogP contribution in [-0.2, 0) is 6.42 Å². The van der Waals surface area contributed by atoms with E-state index in [4.69, 9.17) is 0 Å². The number of allylic oxidation sites excluding steroid dienone is 1. The molecule has 1 aromatic carbocycles. The van der Waals surface area contributed by atoms with Crippen LogP contribution in [-0.4, -0.2) is 18.0 Å². The number of hydrogen-bond acceptors (Lipinski definition) is 1. The fourth-order valence-electron chi connectivity index (χ4n) is 2.29. The Morgan fingerprint density at radius 1 is 1.25 bits per heavy atom. The first kappa shape index (κ1) is 11.3. The van der Waals surface area contributed by atoms with E-state index in [9.17, 15) is 0 Å². The highest BCUT2D eigenvalue weighted by molar-refractivity contribution is 5.21. The van der Waals surface area contributed by atoms with Crippen molar-refractivity contribution in [3.8, 4) is 0 Å². The quantitative estimate of drug-likeness (QED) is 0.742. The molecule has 0 aromatic heterocycles. The van der Waals surface area contributed by atoms with Gasteiger partial charge >= 0.3 is 0 Å². The van der Waals surface area contributed by atoms with Crippen LogP contribution in [0.2, 0.25) is 0 Å². The predicted octanol–water partition coefficient (Wildman–Crippen LogP) is 3.54. The molecule has 0 radical (unpaired) electrons. The van der Waals surface area contributed by atoms with Gasteiger partial charge in [0.2, 0.25) is 0 Å². The van der Waals surface area contributed by atoms with Gasteiger partial charge in [-0.1, -0.05) is 36.4 Å². The maximum atomic E-state index is 4.10. The fraction of sp³-hybridized carbons (Fsp3) is 0.467. The summed E-state index contributed by atoms with van der Waals surface area (Å²) in [5.41, 5.74) is 4.14. The summed E-state index contributed by atoms with van der Waals surface area (Å²) in [7, 11) is 0. The van der Waals surface area contributed by atoms with Crippen LogP contribution in [0.3, 0.4) is 0 Å². The first-order valence-electron chi connectivity index (χ1n) is 6.24. The predicted molar refractivity (Wildman–Crippen MR) is 69.4 cm³/mol. The maximum absolute atomic E-state index is 4.10. The molecule has 0 saturated carbocycles. The van der Waals surface area contributed by atoms with Gasteiger partial charge in [0.05, 0.1) is 0 Å². The topological polar surface area (TPSA) is 3.24 Å². The normalized spacial score (nSPS) is 15.8. The average molecular weight is 215 g/mol. The van der Waals surface area contributed by atoms with Crippen molar-refractivity contribution in [3.05, 3.63) is 47.7 Å². The van der Waals surface area contributed by atoms with E-state index in [2.05, 4.69) is 42.7 Å². The van der Waals surface area contributed by atoms with E-state index >= 15 is 0 Å². The molecule has 2 rings (SSSR count). The lowest BCUT2D eigenvalue weighted by atomic mass is 10.1. The molecule has 0 N–H and O–H groups in total. The molecule has 1 aliphatic heterocycles. The molecule has 1 heteroatoms. The van der Waals surface area contributed by atoms with Crippen LogP contribution >= 0.6 is 0 Å². The van der Waals surface area contributed by atoms with Gasteiger partial charge in [0.15, 0.2) is 0 Å². The number of hydrogen-bond donors (Lipinski definition) is 0. The number of nitrogens with zero attached hydrogens (tertiary/aromatic N) is 1. The van der Waals surface area contributed by atoms with Crippen LogP contribution in [0.5, 0.6) is 0 Å². The highest BCUT2D eigenvalue weighted by Crippen LogP contribution is 2.19. The van der Waals surface area contributed by atoms with Crippen LogP contribution in [0.1, 0.15) is 30.4 Å². The van der Waals surface area contributed by atoms with Gasteiger partial charge in [0.1, 0.15) is 0 Å². The maximum Gasteiger partial charge on any atom is 0.0178 e. The van der Waals surface area contributed by atoms with Crippen molar-refractivity contribution in [2.24, 2.45) is 0 Å². The second kappa shape index (κ2) is 5.20. The summed E-state index contributed by atoms with van der Waals surface area (Å²) in [6.07, 6.45) is 4.92. The molecule has 16 heavy (non-hydrogen) atoms. The zero-order valence-corrected chi connectivity index (χ0v) is 10.2. The first-order chi connectivity index (χ1) is 7.75. The summed E-state index contributed by atoms with van der Waals surface area (Å²) >= 11 is 0. The third kappa shape index (κ3) is 2.88. The molecule has 0 spiro atoms. The Morgan fingerprint density at radius 2 is 2.00 bits per heavy atom. The van der Waals surface area contributed by atoms with Gasteiger partial charge in [-0.15, -0.1) is 0 Å². The van der Waals surface area contributed by atoms with E-state index in [1.807, 2.05) is 0 Å². The summed E-state index contributed by atoms with van der Waals surface area (Å²) in [4.78, 5) is 2.44. The number of benzene rings is 1. The molecule has 86 valence electrons. The van der Waals surface area contributed by atoms with Crippen molar-refractivity contribution in [2.45, 2.75) is 32.6 Å². The van der Waals surface area contributed by atoms with Crippen molar-refractivity contribution in [3.63, 3.8) is 0 Å². The summed E-state index contributed by atoms with van der Waals surface area (Å²) in [5, 5.41) is 0.